The van der Waals surface area contributed by atoms with E-state index in [9.17, 15) is 13.6 Å². The van der Waals surface area contributed by atoms with Crippen LogP contribution in [0.4, 0.5) is 14.5 Å². The van der Waals surface area contributed by atoms with E-state index in [0.29, 0.717) is 5.75 Å². The fraction of sp³-hybridized carbons (Fsp3) is 0.133. The molecule has 0 heterocycles. The van der Waals surface area contributed by atoms with Gasteiger partial charge in [-0.3, -0.25) is 4.79 Å². The van der Waals surface area contributed by atoms with Crippen LogP contribution in [0.15, 0.2) is 42.5 Å². The zero-order valence-corrected chi connectivity index (χ0v) is 11.2. The van der Waals surface area contributed by atoms with Crippen LogP contribution in [0.5, 0.6) is 11.5 Å². The zero-order chi connectivity index (χ0) is 15.2. The number of carbonyl (C=O) groups excluding carboxylic acids is 1. The van der Waals surface area contributed by atoms with Gasteiger partial charge in [0, 0.05) is 6.07 Å². The molecule has 0 unspecified atom stereocenters. The van der Waals surface area contributed by atoms with Crippen LogP contribution in [0, 0.1) is 11.6 Å². The Bertz CT molecular complexity index is 647. The summed E-state index contributed by atoms with van der Waals surface area (Å²) in [5.41, 5.74) is 0.180. The minimum Gasteiger partial charge on any atom is -0.495 e. The van der Waals surface area contributed by atoms with Gasteiger partial charge in [0.2, 0.25) is 0 Å². The van der Waals surface area contributed by atoms with Crippen molar-refractivity contribution >= 4 is 11.6 Å². The molecule has 2 aromatic carbocycles. The molecule has 4 nitrogen and oxygen atoms in total. The molecule has 1 amide bonds. The van der Waals surface area contributed by atoms with Crippen molar-refractivity contribution in [2.75, 3.05) is 19.0 Å². The van der Waals surface area contributed by atoms with Crippen molar-refractivity contribution in [3.05, 3.63) is 54.1 Å². The van der Waals surface area contributed by atoms with Gasteiger partial charge in [-0.05, 0) is 24.3 Å². The molecular weight excluding hydrogens is 280 g/mol. The molecular formula is C15H13F2NO3. The average Bonchev–Trinajstić information content (AvgIpc) is 2.47. The molecule has 0 saturated heterocycles. The molecule has 0 spiro atoms. The summed E-state index contributed by atoms with van der Waals surface area (Å²) < 4.78 is 36.5. The number of amides is 1. The highest BCUT2D eigenvalue weighted by molar-refractivity contribution is 5.93. The van der Waals surface area contributed by atoms with Crippen molar-refractivity contribution in [1.82, 2.24) is 0 Å². The molecule has 21 heavy (non-hydrogen) atoms. The maximum absolute atomic E-state index is 13.3. The first-order chi connectivity index (χ1) is 10.1. The van der Waals surface area contributed by atoms with Crippen molar-refractivity contribution in [3.63, 3.8) is 0 Å². The van der Waals surface area contributed by atoms with Crippen LogP contribution in [0.25, 0.3) is 0 Å². The molecule has 0 aliphatic carbocycles. The van der Waals surface area contributed by atoms with Gasteiger partial charge in [0.15, 0.2) is 18.2 Å². The van der Waals surface area contributed by atoms with Gasteiger partial charge >= 0.3 is 0 Å². The van der Waals surface area contributed by atoms with E-state index in [0.717, 1.165) is 6.07 Å². The van der Waals surface area contributed by atoms with E-state index in [4.69, 9.17) is 9.47 Å². The number of hydrogen-bond acceptors (Lipinski definition) is 3. The normalized spacial score (nSPS) is 10.0. The summed E-state index contributed by atoms with van der Waals surface area (Å²) in [7, 11) is 1.40. The number of halogens is 2. The fourth-order valence-electron chi connectivity index (χ4n) is 1.67. The Morgan fingerprint density at radius 3 is 2.62 bits per heavy atom. The third-order valence-electron chi connectivity index (χ3n) is 2.63. The first-order valence-electron chi connectivity index (χ1n) is 6.11. The van der Waals surface area contributed by atoms with Crippen LogP contribution in [0.3, 0.4) is 0 Å². The summed E-state index contributed by atoms with van der Waals surface area (Å²) >= 11 is 0. The quantitative estimate of drug-likeness (QED) is 0.922. The fourth-order valence-corrected chi connectivity index (χ4v) is 1.67. The van der Waals surface area contributed by atoms with Gasteiger partial charge in [-0.15, -0.1) is 0 Å². The Hall–Kier alpha value is -2.63. The van der Waals surface area contributed by atoms with Gasteiger partial charge in [0.25, 0.3) is 5.91 Å². The number of para-hydroxylation sites is 1. The number of methoxy groups -OCH3 is 1. The molecule has 110 valence electrons. The average molecular weight is 293 g/mol. The smallest absolute Gasteiger partial charge is 0.262 e. The van der Waals surface area contributed by atoms with Crippen molar-refractivity contribution < 1.29 is 23.0 Å². The predicted molar refractivity (Wildman–Crippen MR) is 73.5 cm³/mol. The van der Waals surface area contributed by atoms with Crippen LogP contribution >= 0.6 is 0 Å². The minimum absolute atomic E-state index is 0.0288. The molecule has 0 radical (unpaired) electrons. The highest BCUT2D eigenvalue weighted by Crippen LogP contribution is 2.24. The molecule has 6 heteroatoms. The number of nitrogens with one attached hydrogen (secondary N) is 1. The Morgan fingerprint density at radius 2 is 1.90 bits per heavy atom. The predicted octanol–water partition coefficient (Wildman–Crippen LogP) is 2.99. The summed E-state index contributed by atoms with van der Waals surface area (Å²) in [5, 5.41) is 2.44. The summed E-state index contributed by atoms with van der Waals surface area (Å²) in [6, 6.07) is 9.47. The summed E-state index contributed by atoms with van der Waals surface area (Å²) in [5.74, 6) is -1.34. The lowest BCUT2D eigenvalue weighted by molar-refractivity contribution is -0.118. The highest BCUT2D eigenvalue weighted by atomic mass is 19.1. The maximum atomic E-state index is 13.3. The largest absolute Gasteiger partial charge is 0.495 e. The molecule has 2 aromatic rings. The van der Waals surface area contributed by atoms with Crippen LogP contribution in [0.1, 0.15) is 0 Å². The molecule has 0 fully saturated rings. The highest BCUT2D eigenvalue weighted by Gasteiger charge is 2.10. The Balaban J connectivity index is 1.99. The molecule has 0 aliphatic rings. The van der Waals surface area contributed by atoms with E-state index in [1.165, 1.54) is 37.4 Å². The Kier molecular flexibility index (Phi) is 4.71. The summed E-state index contributed by atoms with van der Waals surface area (Å²) in [4.78, 5) is 11.7. The van der Waals surface area contributed by atoms with Crippen molar-refractivity contribution in [2.45, 2.75) is 0 Å². The van der Waals surface area contributed by atoms with Crippen molar-refractivity contribution in [2.24, 2.45) is 0 Å². The van der Waals surface area contributed by atoms with E-state index in [-0.39, 0.29) is 11.4 Å². The van der Waals surface area contributed by atoms with E-state index in [1.807, 2.05) is 0 Å². The zero-order valence-electron chi connectivity index (χ0n) is 11.2. The number of ether oxygens (including phenoxy) is 2. The molecule has 0 bridgehead atoms. The topological polar surface area (TPSA) is 47.6 Å². The van der Waals surface area contributed by atoms with Crippen molar-refractivity contribution in [3.8, 4) is 11.5 Å². The molecule has 0 aromatic heterocycles. The van der Waals surface area contributed by atoms with Gasteiger partial charge in [-0.2, -0.15) is 0 Å². The van der Waals surface area contributed by atoms with Gasteiger partial charge in [0.1, 0.15) is 11.6 Å². The second-order valence-corrected chi connectivity index (χ2v) is 4.11. The van der Waals surface area contributed by atoms with Gasteiger partial charge < -0.3 is 14.8 Å². The first-order valence-corrected chi connectivity index (χ1v) is 6.11. The minimum atomic E-state index is -0.561. The standard InChI is InChI=1S/C15H13F2NO3/c1-20-14-7-6-10(16)8-12(14)18-15(19)9-21-13-5-3-2-4-11(13)17/h2-8H,9H2,1H3,(H,18,19). The van der Waals surface area contributed by atoms with Crippen LogP contribution in [-0.4, -0.2) is 19.6 Å². The lowest BCUT2D eigenvalue weighted by Gasteiger charge is -2.11. The van der Waals surface area contributed by atoms with Crippen LogP contribution < -0.4 is 14.8 Å². The van der Waals surface area contributed by atoms with E-state index in [2.05, 4.69) is 5.32 Å². The first kappa shape index (κ1) is 14.8. The van der Waals surface area contributed by atoms with E-state index in [1.54, 1.807) is 6.07 Å². The Labute approximate surface area is 120 Å². The second-order valence-electron chi connectivity index (χ2n) is 4.11. The lowest BCUT2D eigenvalue weighted by atomic mass is 10.3. The SMILES string of the molecule is COc1ccc(F)cc1NC(=O)COc1ccccc1F. The number of hydrogen-bond donors (Lipinski definition) is 1. The molecule has 2 rings (SSSR count). The van der Waals surface area contributed by atoms with E-state index >= 15 is 0 Å². The Morgan fingerprint density at radius 1 is 1.14 bits per heavy atom. The maximum Gasteiger partial charge on any atom is 0.262 e. The molecule has 0 atom stereocenters. The monoisotopic (exact) mass is 293 g/mol. The third-order valence-corrected chi connectivity index (χ3v) is 2.63. The molecule has 1 N–H and O–H groups in total. The van der Waals surface area contributed by atoms with Gasteiger partial charge in [-0.1, -0.05) is 12.1 Å². The summed E-state index contributed by atoms with van der Waals surface area (Å²) in [6.45, 7) is -0.402. The number of benzene rings is 2. The number of anilines is 1. The van der Waals surface area contributed by atoms with E-state index < -0.39 is 24.1 Å². The van der Waals surface area contributed by atoms with Crippen molar-refractivity contribution in [1.29, 1.82) is 0 Å². The third kappa shape index (κ3) is 3.92. The number of carbonyl (C=O) groups is 1. The van der Waals surface area contributed by atoms with Gasteiger partial charge in [0.05, 0.1) is 12.8 Å². The molecule has 0 aliphatic heterocycles. The number of rotatable bonds is 5. The van der Waals surface area contributed by atoms with Crippen LogP contribution in [0.2, 0.25) is 0 Å². The molecule has 0 saturated carbocycles. The lowest BCUT2D eigenvalue weighted by Crippen LogP contribution is -2.20. The second kappa shape index (κ2) is 6.69. The van der Waals surface area contributed by atoms with Gasteiger partial charge in [-0.25, -0.2) is 8.78 Å². The van der Waals surface area contributed by atoms with Crippen LogP contribution in [-0.2, 0) is 4.79 Å². The summed E-state index contributed by atoms with van der Waals surface area (Å²) in [6.07, 6.45) is 0.